The largest absolute Gasteiger partial charge is 0.441 e. The van der Waals surface area contributed by atoms with Crippen LogP contribution >= 0.6 is 0 Å². The Balaban J connectivity index is 1.75. The van der Waals surface area contributed by atoms with Crippen LogP contribution in [0.5, 0.6) is 0 Å². The maximum Gasteiger partial charge on any atom is 0.228 e. The summed E-state index contributed by atoms with van der Waals surface area (Å²) in [6.07, 6.45) is 0.515. The number of carbonyl (C=O) groups is 1. The molecule has 0 radical (unpaired) electrons. The van der Waals surface area contributed by atoms with E-state index in [1.54, 1.807) is 24.0 Å². The Labute approximate surface area is 151 Å². The molecule has 140 valence electrons. The summed E-state index contributed by atoms with van der Waals surface area (Å²) in [5, 5.41) is 0. The molecule has 8 heteroatoms. The van der Waals surface area contributed by atoms with Gasteiger partial charge >= 0.3 is 0 Å². The first-order valence-corrected chi connectivity index (χ1v) is 10.3. The number of carbonyl (C=O) groups excluding carboxylic acids is 1. The lowest BCUT2D eigenvalue weighted by molar-refractivity contribution is -0.132. The summed E-state index contributed by atoms with van der Waals surface area (Å²) in [5.41, 5.74) is 1.14. The quantitative estimate of drug-likeness (QED) is 0.796. The first-order valence-electron chi connectivity index (χ1n) is 8.51. The molecule has 1 aromatic carbocycles. The number of likely N-dealkylation sites (N-methyl/N-ethyl adjacent to an activating group) is 1. The molecule has 2 heterocycles. The first kappa shape index (κ1) is 18.6. The smallest absolute Gasteiger partial charge is 0.228 e. The van der Waals surface area contributed by atoms with Gasteiger partial charge in [-0.1, -0.05) is 0 Å². The molecular formula is C18H21FN2O4S. The van der Waals surface area contributed by atoms with Gasteiger partial charge in [-0.15, -0.1) is 0 Å². The van der Waals surface area contributed by atoms with Crippen molar-refractivity contribution in [2.45, 2.75) is 32.7 Å². The average Bonchev–Trinajstić information content (AvgIpc) is 3.12. The molecule has 0 spiro atoms. The standard InChI is InChI=1S/C18H21FN2O4S/c1-3-21(15-8-9-26(23,24)11-15)17(22)10-16-12(2)25-18(20-16)13-4-6-14(19)7-5-13/h4-7,15H,3,8-11H2,1-2H3. The highest BCUT2D eigenvalue weighted by Gasteiger charge is 2.34. The minimum atomic E-state index is -3.06. The zero-order valence-corrected chi connectivity index (χ0v) is 15.6. The Kier molecular flexibility index (Phi) is 5.13. The Hall–Kier alpha value is -2.22. The van der Waals surface area contributed by atoms with Crippen molar-refractivity contribution in [1.82, 2.24) is 9.88 Å². The molecule has 1 amide bonds. The Morgan fingerprint density at radius 2 is 2.04 bits per heavy atom. The van der Waals surface area contributed by atoms with E-state index in [0.717, 1.165) is 0 Å². The number of hydrogen-bond donors (Lipinski definition) is 0. The lowest BCUT2D eigenvalue weighted by Crippen LogP contribution is -2.41. The van der Waals surface area contributed by atoms with Crippen molar-refractivity contribution in [3.8, 4) is 11.5 Å². The molecule has 1 saturated heterocycles. The molecule has 1 aromatic heterocycles. The monoisotopic (exact) mass is 380 g/mol. The molecule has 1 atom stereocenters. The van der Waals surface area contributed by atoms with Gasteiger partial charge in [0.2, 0.25) is 11.8 Å². The Morgan fingerprint density at radius 3 is 2.62 bits per heavy atom. The minimum absolute atomic E-state index is 0.0191. The highest BCUT2D eigenvalue weighted by atomic mass is 32.2. The van der Waals surface area contributed by atoms with Gasteiger partial charge in [-0.2, -0.15) is 0 Å². The van der Waals surface area contributed by atoms with Crippen LogP contribution in [-0.4, -0.2) is 48.3 Å². The number of sulfone groups is 1. The summed E-state index contributed by atoms with van der Waals surface area (Å²) in [7, 11) is -3.06. The maximum absolute atomic E-state index is 13.0. The second-order valence-corrected chi connectivity index (χ2v) is 8.67. The molecule has 6 nitrogen and oxygen atoms in total. The van der Waals surface area contributed by atoms with Crippen LogP contribution in [-0.2, 0) is 21.1 Å². The summed E-state index contributed by atoms with van der Waals surface area (Å²) >= 11 is 0. The lowest BCUT2D eigenvalue weighted by Gasteiger charge is -2.26. The van der Waals surface area contributed by atoms with E-state index in [1.807, 2.05) is 6.92 Å². The molecule has 2 aromatic rings. The number of hydrogen-bond acceptors (Lipinski definition) is 5. The first-order chi connectivity index (χ1) is 12.3. The number of nitrogens with zero attached hydrogens (tertiary/aromatic N) is 2. The number of aromatic nitrogens is 1. The highest BCUT2D eigenvalue weighted by molar-refractivity contribution is 7.91. The van der Waals surface area contributed by atoms with Gasteiger partial charge in [0.25, 0.3) is 0 Å². The molecule has 3 rings (SSSR count). The highest BCUT2D eigenvalue weighted by Crippen LogP contribution is 2.24. The van der Waals surface area contributed by atoms with Crippen molar-refractivity contribution >= 4 is 15.7 Å². The molecule has 1 aliphatic heterocycles. The van der Waals surface area contributed by atoms with E-state index in [-0.39, 0.29) is 35.7 Å². The van der Waals surface area contributed by atoms with Gasteiger partial charge in [-0.25, -0.2) is 17.8 Å². The Morgan fingerprint density at radius 1 is 1.35 bits per heavy atom. The second kappa shape index (κ2) is 7.19. The third-order valence-corrected chi connectivity index (χ3v) is 6.36. The van der Waals surface area contributed by atoms with Gasteiger partial charge in [-0.3, -0.25) is 4.79 Å². The van der Waals surface area contributed by atoms with Crippen molar-refractivity contribution in [2.75, 3.05) is 18.1 Å². The van der Waals surface area contributed by atoms with Crippen LogP contribution in [0.2, 0.25) is 0 Å². The normalized spacial score (nSPS) is 18.8. The molecule has 0 saturated carbocycles. The SMILES string of the molecule is CCN(C(=O)Cc1nc(-c2ccc(F)cc2)oc1C)C1CCS(=O)(=O)C1. The predicted molar refractivity (Wildman–Crippen MR) is 94.8 cm³/mol. The van der Waals surface area contributed by atoms with Crippen LogP contribution in [0.25, 0.3) is 11.5 Å². The van der Waals surface area contributed by atoms with E-state index in [2.05, 4.69) is 4.98 Å². The third-order valence-electron chi connectivity index (χ3n) is 4.61. The average molecular weight is 380 g/mol. The molecule has 0 bridgehead atoms. The fourth-order valence-electron chi connectivity index (χ4n) is 3.21. The number of amides is 1. The minimum Gasteiger partial charge on any atom is -0.441 e. The summed E-state index contributed by atoms with van der Waals surface area (Å²) < 4.78 is 42.0. The Bertz CT molecular complexity index is 906. The van der Waals surface area contributed by atoms with E-state index < -0.39 is 9.84 Å². The fourth-order valence-corrected chi connectivity index (χ4v) is 4.94. The van der Waals surface area contributed by atoms with E-state index in [0.29, 0.717) is 35.9 Å². The van der Waals surface area contributed by atoms with Crippen LogP contribution in [0.3, 0.4) is 0 Å². The molecule has 1 fully saturated rings. The number of rotatable bonds is 5. The van der Waals surface area contributed by atoms with E-state index >= 15 is 0 Å². The maximum atomic E-state index is 13.0. The number of aryl methyl sites for hydroxylation is 1. The number of oxazole rings is 1. The predicted octanol–water partition coefficient (Wildman–Crippen LogP) is 2.37. The number of halogens is 1. The summed E-state index contributed by atoms with van der Waals surface area (Å²) in [6, 6.07) is 5.49. The van der Waals surface area contributed by atoms with Gasteiger partial charge in [0, 0.05) is 18.2 Å². The van der Waals surface area contributed by atoms with E-state index in [4.69, 9.17) is 4.42 Å². The topological polar surface area (TPSA) is 80.5 Å². The second-order valence-electron chi connectivity index (χ2n) is 6.44. The molecular weight excluding hydrogens is 359 g/mol. The van der Waals surface area contributed by atoms with E-state index in [9.17, 15) is 17.6 Å². The molecule has 0 N–H and O–H groups in total. The van der Waals surface area contributed by atoms with Crippen molar-refractivity contribution in [2.24, 2.45) is 0 Å². The van der Waals surface area contributed by atoms with Gasteiger partial charge in [0.15, 0.2) is 9.84 Å². The zero-order valence-electron chi connectivity index (χ0n) is 14.7. The number of benzene rings is 1. The van der Waals surface area contributed by atoms with Crippen LogP contribution in [0, 0.1) is 12.7 Å². The van der Waals surface area contributed by atoms with Gasteiger partial charge in [-0.05, 0) is 44.5 Å². The fraction of sp³-hybridized carbons (Fsp3) is 0.444. The lowest BCUT2D eigenvalue weighted by atomic mass is 10.1. The summed E-state index contributed by atoms with van der Waals surface area (Å²) in [4.78, 5) is 18.7. The van der Waals surface area contributed by atoms with Crippen molar-refractivity contribution < 1.29 is 22.0 Å². The van der Waals surface area contributed by atoms with Crippen molar-refractivity contribution in [1.29, 1.82) is 0 Å². The summed E-state index contributed by atoms with van der Waals surface area (Å²) in [5.74, 6) is 0.475. The van der Waals surface area contributed by atoms with Crippen LogP contribution in [0.1, 0.15) is 24.8 Å². The van der Waals surface area contributed by atoms with Gasteiger partial charge in [0.05, 0.1) is 23.6 Å². The molecule has 26 heavy (non-hydrogen) atoms. The van der Waals surface area contributed by atoms with Crippen LogP contribution in [0.15, 0.2) is 28.7 Å². The van der Waals surface area contributed by atoms with Gasteiger partial charge in [0.1, 0.15) is 11.6 Å². The molecule has 1 unspecified atom stereocenters. The zero-order chi connectivity index (χ0) is 18.9. The molecule has 0 aliphatic carbocycles. The van der Waals surface area contributed by atoms with Crippen LogP contribution < -0.4 is 0 Å². The summed E-state index contributed by atoms with van der Waals surface area (Å²) in [6.45, 7) is 4.00. The third kappa shape index (κ3) is 3.95. The van der Waals surface area contributed by atoms with Crippen molar-refractivity contribution in [3.05, 3.63) is 41.5 Å². The van der Waals surface area contributed by atoms with Gasteiger partial charge < -0.3 is 9.32 Å². The molecule has 1 aliphatic rings. The van der Waals surface area contributed by atoms with Crippen molar-refractivity contribution in [3.63, 3.8) is 0 Å². The van der Waals surface area contributed by atoms with E-state index in [1.165, 1.54) is 12.1 Å². The van der Waals surface area contributed by atoms with Crippen LogP contribution in [0.4, 0.5) is 4.39 Å².